The van der Waals surface area contributed by atoms with Crippen molar-refractivity contribution in [3.63, 3.8) is 0 Å². The van der Waals surface area contributed by atoms with Crippen molar-refractivity contribution in [1.29, 1.82) is 0 Å². The Balaban J connectivity index is 2.08. The minimum atomic E-state index is -0.169. The van der Waals surface area contributed by atoms with Gasteiger partial charge in [-0.2, -0.15) is 0 Å². The zero-order chi connectivity index (χ0) is 9.68. The van der Waals surface area contributed by atoms with E-state index >= 15 is 0 Å². The van der Waals surface area contributed by atoms with E-state index in [1.54, 1.807) is 7.05 Å². The van der Waals surface area contributed by atoms with Crippen molar-refractivity contribution in [2.75, 3.05) is 20.1 Å². The van der Waals surface area contributed by atoms with Crippen molar-refractivity contribution in [2.45, 2.75) is 25.4 Å². The molecule has 0 saturated heterocycles. The number of nitrogens with one attached hydrogen (secondary N) is 2. The topological polar surface area (TPSA) is 61.4 Å². The number of carbonyl (C=O) groups is 1. The molecule has 13 heavy (non-hydrogen) atoms. The lowest BCUT2D eigenvalue weighted by Crippen LogP contribution is -2.35. The second kappa shape index (κ2) is 5.19. The van der Waals surface area contributed by atoms with Crippen LogP contribution in [0.5, 0.6) is 0 Å². The van der Waals surface area contributed by atoms with Crippen LogP contribution < -0.4 is 10.6 Å². The van der Waals surface area contributed by atoms with E-state index in [-0.39, 0.29) is 12.0 Å². The van der Waals surface area contributed by atoms with Gasteiger partial charge in [0, 0.05) is 13.6 Å². The number of carbonyl (C=O) groups excluding carboxylic acids is 1. The number of aliphatic hydroxyl groups is 1. The maximum absolute atomic E-state index is 10.8. The zero-order valence-electron chi connectivity index (χ0n) is 8.05. The minimum absolute atomic E-state index is 0.00696. The summed E-state index contributed by atoms with van der Waals surface area (Å²) in [5.41, 5.74) is 0. The molecule has 2 atom stereocenters. The fraction of sp³-hybridized carbons (Fsp3) is 0.889. The molecule has 0 bridgehead atoms. The van der Waals surface area contributed by atoms with E-state index in [9.17, 15) is 9.90 Å². The van der Waals surface area contributed by atoms with Crippen LogP contribution in [-0.2, 0) is 4.79 Å². The number of rotatable bonds is 4. The predicted octanol–water partition coefficient (Wildman–Crippen LogP) is -0.517. The van der Waals surface area contributed by atoms with Crippen LogP contribution in [-0.4, -0.2) is 37.3 Å². The molecule has 1 saturated carbocycles. The van der Waals surface area contributed by atoms with Gasteiger partial charge in [0.05, 0.1) is 12.6 Å². The van der Waals surface area contributed by atoms with Crippen LogP contribution in [0.1, 0.15) is 19.3 Å². The molecule has 4 heteroatoms. The van der Waals surface area contributed by atoms with Crippen LogP contribution in [0.2, 0.25) is 0 Å². The SMILES string of the molecule is CNC(=O)CNCC1CCCC1O. The highest BCUT2D eigenvalue weighted by molar-refractivity contribution is 5.77. The van der Waals surface area contributed by atoms with E-state index in [2.05, 4.69) is 10.6 Å². The summed E-state index contributed by atoms with van der Waals surface area (Å²) in [4.78, 5) is 10.8. The molecule has 0 aromatic carbocycles. The number of amides is 1. The van der Waals surface area contributed by atoms with Gasteiger partial charge in [-0.25, -0.2) is 0 Å². The first-order valence-corrected chi connectivity index (χ1v) is 4.83. The summed E-state index contributed by atoms with van der Waals surface area (Å²) in [5.74, 6) is 0.331. The highest BCUT2D eigenvalue weighted by Crippen LogP contribution is 2.24. The first kappa shape index (κ1) is 10.5. The van der Waals surface area contributed by atoms with Gasteiger partial charge in [-0.1, -0.05) is 6.42 Å². The van der Waals surface area contributed by atoms with Gasteiger partial charge in [0.1, 0.15) is 0 Å². The number of aliphatic hydroxyl groups excluding tert-OH is 1. The molecule has 0 spiro atoms. The summed E-state index contributed by atoms with van der Waals surface area (Å²) in [7, 11) is 1.62. The molecule has 4 nitrogen and oxygen atoms in total. The van der Waals surface area contributed by atoms with Crippen molar-refractivity contribution in [2.24, 2.45) is 5.92 Å². The molecule has 3 N–H and O–H groups in total. The lowest BCUT2D eigenvalue weighted by Gasteiger charge is -2.14. The third-order valence-electron chi connectivity index (χ3n) is 2.59. The Bertz CT molecular complexity index is 173. The maximum atomic E-state index is 10.8. The molecule has 1 amide bonds. The summed E-state index contributed by atoms with van der Waals surface area (Å²) >= 11 is 0. The van der Waals surface area contributed by atoms with Crippen molar-refractivity contribution < 1.29 is 9.90 Å². The van der Waals surface area contributed by atoms with Crippen molar-refractivity contribution >= 4 is 5.91 Å². The van der Waals surface area contributed by atoms with Gasteiger partial charge in [0.15, 0.2) is 0 Å². The molecule has 0 aliphatic heterocycles. The molecule has 76 valence electrons. The van der Waals surface area contributed by atoms with E-state index in [1.165, 1.54) is 0 Å². The average molecular weight is 186 g/mol. The Morgan fingerprint density at radius 3 is 2.85 bits per heavy atom. The summed E-state index contributed by atoms with van der Waals surface area (Å²) < 4.78 is 0. The first-order chi connectivity index (χ1) is 6.24. The molecule has 0 heterocycles. The number of hydrogen-bond donors (Lipinski definition) is 3. The molecule has 1 aliphatic rings. The van der Waals surface area contributed by atoms with Crippen LogP contribution in [0.3, 0.4) is 0 Å². The van der Waals surface area contributed by atoms with Crippen molar-refractivity contribution in [3.05, 3.63) is 0 Å². The molecule has 1 aliphatic carbocycles. The standard InChI is InChI=1S/C9H18N2O2/c1-10-9(13)6-11-5-7-3-2-4-8(7)12/h7-8,11-12H,2-6H2,1H3,(H,10,13). The summed E-state index contributed by atoms with van der Waals surface area (Å²) in [5, 5.41) is 15.0. The lowest BCUT2D eigenvalue weighted by atomic mass is 10.1. The molecule has 1 rings (SSSR count). The van der Waals surface area contributed by atoms with Crippen molar-refractivity contribution in [1.82, 2.24) is 10.6 Å². The normalized spacial score (nSPS) is 27.5. The Morgan fingerprint density at radius 2 is 2.31 bits per heavy atom. The summed E-state index contributed by atoms with van der Waals surface area (Å²) in [6.07, 6.45) is 2.92. The second-order valence-corrected chi connectivity index (χ2v) is 3.56. The monoisotopic (exact) mass is 186 g/mol. The minimum Gasteiger partial charge on any atom is -0.393 e. The molecule has 0 aromatic rings. The third kappa shape index (κ3) is 3.32. The van der Waals surface area contributed by atoms with E-state index in [0.29, 0.717) is 12.5 Å². The zero-order valence-corrected chi connectivity index (χ0v) is 8.05. The van der Waals surface area contributed by atoms with Crippen LogP contribution in [0.25, 0.3) is 0 Å². The highest BCUT2D eigenvalue weighted by Gasteiger charge is 2.24. The molecule has 1 fully saturated rings. The fourth-order valence-electron chi connectivity index (χ4n) is 1.71. The van der Waals surface area contributed by atoms with Gasteiger partial charge < -0.3 is 15.7 Å². The summed E-state index contributed by atoms with van der Waals surface area (Å²) in [6.45, 7) is 1.09. The van der Waals surface area contributed by atoms with Gasteiger partial charge in [-0.05, 0) is 18.8 Å². The van der Waals surface area contributed by atoms with Gasteiger partial charge in [0.2, 0.25) is 5.91 Å². The lowest BCUT2D eigenvalue weighted by molar-refractivity contribution is -0.119. The molecule has 0 aromatic heterocycles. The fourth-order valence-corrected chi connectivity index (χ4v) is 1.71. The average Bonchev–Trinajstić information content (AvgIpc) is 2.52. The van der Waals surface area contributed by atoms with E-state index in [4.69, 9.17) is 0 Å². The number of likely N-dealkylation sites (N-methyl/N-ethyl adjacent to an activating group) is 1. The van der Waals surface area contributed by atoms with E-state index < -0.39 is 0 Å². The smallest absolute Gasteiger partial charge is 0.233 e. The molecule has 2 unspecified atom stereocenters. The van der Waals surface area contributed by atoms with Crippen LogP contribution in [0.4, 0.5) is 0 Å². The number of hydrogen-bond acceptors (Lipinski definition) is 3. The van der Waals surface area contributed by atoms with Crippen LogP contribution >= 0.6 is 0 Å². The maximum Gasteiger partial charge on any atom is 0.233 e. The van der Waals surface area contributed by atoms with Crippen LogP contribution in [0.15, 0.2) is 0 Å². The van der Waals surface area contributed by atoms with Crippen LogP contribution in [0, 0.1) is 5.92 Å². The van der Waals surface area contributed by atoms with Gasteiger partial charge in [-0.15, -0.1) is 0 Å². The predicted molar refractivity (Wildman–Crippen MR) is 50.3 cm³/mol. The largest absolute Gasteiger partial charge is 0.393 e. The van der Waals surface area contributed by atoms with Crippen molar-refractivity contribution in [3.8, 4) is 0 Å². The Kier molecular flexibility index (Phi) is 4.18. The molecular weight excluding hydrogens is 168 g/mol. The van der Waals surface area contributed by atoms with Gasteiger partial charge >= 0.3 is 0 Å². The Morgan fingerprint density at radius 1 is 1.54 bits per heavy atom. The van der Waals surface area contributed by atoms with Gasteiger partial charge in [0.25, 0.3) is 0 Å². The third-order valence-corrected chi connectivity index (χ3v) is 2.59. The van der Waals surface area contributed by atoms with Gasteiger partial charge in [-0.3, -0.25) is 4.79 Å². The van der Waals surface area contributed by atoms with E-state index in [1.807, 2.05) is 0 Å². The quantitative estimate of drug-likeness (QED) is 0.554. The molecular formula is C9H18N2O2. The highest BCUT2D eigenvalue weighted by atomic mass is 16.3. The Labute approximate surface area is 78.7 Å². The summed E-state index contributed by atoms with van der Waals surface area (Å²) in [6, 6.07) is 0. The Hall–Kier alpha value is -0.610. The van der Waals surface area contributed by atoms with E-state index in [0.717, 1.165) is 25.8 Å². The molecule has 0 radical (unpaired) electrons. The second-order valence-electron chi connectivity index (χ2n) is 3.56. The first-order valence-electron chi connectivity index (χ1n) is 4.83.